The summed E-state index contributed by atoms with van der Waals surface area (Å²) in [6.45, 7) is 0. The summed E-state index contributed by atoms with van der Waals surface area (Å²) in [5.41, 5.74) is 1.56. The van der Waals surface area contributed by atoms with Gasteiger partial charge in [0.1, 0.15) is 11.5 Å². The third kappa shape index (κ3) is 4.01. The van der Waals surface area contributed by atoms with E-state index in [1.54, 1.807) is 30.3 Å². The van der Waals surface area contributed by atoms with Crippen molar-refractivity contribution >= 4 is 46.3 Å². The molecule has 0 saturated carbocycles. The fraction of sp³-hybridized carbons (Fsp3) is 0. The molecule has 5 nitrogen and oxygen atoms in total. The summed E-state index contributed by atoms with van der Waals surface area (Å²) >= 11 is 11.9. The molecule has 0 bridgehead atoms. The molecule has 3 rings (SSSR count). The Morgan fingerprint density at radius 1 is 0.958 bits per heavy atom. The first-order chi connectivity index (χ1) is 11.6. The number of aromatic nitrogens is 2. The second-order valence-corrected chi connectivity index (χ2v) is 5.70. The Kier molecular flexibility index (Phi) is 4.93. The Morgan fingerprint density at radius 2 is 1.75 bits per heavy atom. The van der Waals surface area contributed by atoms with Gasteiger partial charge in [0, 0.05) is 10.7 Å². The van der Waals surface area contributed by atoms with Crippen LogP contribution in [0.4, 0.5) is 17.2 Å². The number of carbonyl (C=O) groups is 1. The molecule has 0 aliphatic heterocycles. The van der Waals surface area contributed by atoms with Gasteiger partial charge in [0.2, 0.25) is 0 Å². The van der Waals surface area contributed by atoms with Crippen LogP contribution in [0.1, 0.15) is 10.5 Å². The standard InChI is InChI=1S/C17H12Cl2N4O/c18-11-6-7-14(13(19)8-11)23-16-10-20-15(9-21-16)17(24)22-12-4-2-1-3-5-12/h1-10H,(H,21,23)(H,22,24). The van der Waals surface area contributed by atoms with E-state index in [1.165, 1.54) is 12.4 Å². The number of anilines is 3. The molecule has 3 aromatic rings. The molecule has 1 amide bonds. The number of carbonyl (C=O) groups excluding carboxylic acids is 1. The molecule has 24 heavy (non-hydrogen) atoms. The summed E-state index contributed by atoms with van der Waals surface area (Å²) in [7, 11) is 0. The number of benzene rings is 2. The lowest BCUT2D eigenvalue weighted by Gasteiger charge is -2.08. The largest absolute Gasteiger partial charge is 0.338 e. The lowest BCUT2D eigenvalue weighted by molar-refractivity contribution is 0.102. The van der Waals surface area contributed by atoms with Crippen LogP contribution in [0.25, 0.3) is 0 Å². The predicted octanol–water partition coefficient (Wildman–Crippen LogP) is 4.78. The molecule has 0 saturated heterocycles. The summed E-state index contributed by atoms with van der Waals surface area (Å²) in [5, 5.41) is 6.78. The van der Waals surface area contributed by atoms with E-state index in [0.717, 1.165) is 0 Å². The molecule has 1 aromatic heterocycles. The maximum Gasteiger partial charge on any atom is 0.275 e. The number of amides is 1. The second kappa shape index (κ2) is 7.29. The van der Waals surface area contributed by atoms with Crippen molar-refractivity contribution in [3.05, 3.63) is 76.7 Å². The summed E-state index contributed by atoms with van der Waals surface area (Å²) in [6, 6.07) is 14.2. The van der Waals surface area contributed by atoms with E-state index in [-0.39, 0.29) is 11.6 Å². The van der Waals surface area contributed by atoms with Gasteiger partial charge in [-0.2, -0.15) is 0 Å². The summed E-state index contributed by atoms with van der Waals surface area (Å²) in [6.07, 6.45) is 2.86. The molecule has 7 heteroatoms. The molecule has 0 atom stereocenters. The van der Waals surface area contributed by atoms with E-state index >= 15 is 0 Å². The van der Waals surface area contributed by atoms with Crippen molar-refractivity contribution in [3.63, 3.8) is 0 Å². The van der Waals surface area contributed by atoms with Crippen molar-refractivity contribution in [2.45, 2.75) is 0 Å². The van der Waals surface area contributed by atoms with Gasteiger partial charge in [0.05, 0.1) is 23.1 Å². The van der Waals surface area contributed by atoms with Crippen LogP contribution in [0.15, 0.2) is 60.9 Å². The van der Waals surface area contributed by atoms with E-state index in [0.29, 0.717) is 27.2 Å². The minimum atomic E-state index is -0.329. The van der Waals surface area contributed by atoms with Gasteiger partial charge in [0.25, 0.3) is 5.91 Å². The normalized spacial score (nSPS) is 10.2. The molecule has 0 aliphatic carbocycles. The Balaban J connectivity index is 1.70. The minimum absolute atomic E-state index is 0.214. The lowest BCUT2D eigenvalue weighted by atomic mass is 10.3. The topological polar surface area (TPSA) is 66.9 Å². The monoisotopic (exact) mass is 358 g/mol. The molecule has 0 aliphatic rings. The Labute approximate surface area is 148 Å². The van der Waals surface area contributed by atoms with Gasteiger partial charge in [0.15, 0.2) is 0 Å². The van der Waals surface area contributed by atoms with Gasteiger partial charge in [-0.25, -0.2) is 9.97 Å². The molecular formula is C17H12Cl2N4O. The lowest BCUT2D eigenvalue weighted by Crippen LogP contribution is -2.14. The number of nitrogens with one attached hydrogen (secondary N) is 2. The first kappa shape index (κ1) is 16.2. The number of hydrogen-bond donors (Lipinski definition) is 2. The van der Waals surface area contributed by atoms with Gasteiger partial charge in [-0.3, -0.25) is 4.79 Å². The number of nitrogens with zero attached hydrogens (tertiary/aromatic N) is 2. The molecule has 0 radical (unpaired) electrons. The highest BCUT2D eigenvalue weighted by Crippen LogP contribution is 2.27. The predicted molar refractivity (Wildman–Crippen MR) is 96.2 cm³/mol. The smallest absolute Gasteiger partial charge is 0.275 e. The highest BCUT2D eigenvalue weighted by atomic mass is 35.5. The fourth-order valence-corrected chi connectivity index (χ4v) is 2.41. The molecule has 2 N–H and O–H groups in total. The van der Waals surface area contributed by atoms with E-state index in [2.05, 4.69) is 20.6 Å². The van der Waals surface area contributed by atoms with E-state index < -0.39 is 0 Å². The number of rotatable bonds is 4. The van der Waals surface area contributed by atoms with E-state index in [1.807, 2.05) is 18.2 Å². The third-order valence-electron chi connectivity index (χ3n) is 3.11. The van der Waals surface area contributed by atoms with Gasteiger partial charge in [-0.1, -0.05) is 41.4 Å². The second-order valence-electron chi connectivity index (χ2n) is 4.86. The molecular weight excluding hydrogens is 347 g/mol. The van der Waals surface area contributed by atoms with Crippen molar-refractivity contribution in [3.8, 4) is 0 Å². The molecule has 1 heterocycles. The average Bonchev–Trinajstić information content (AvgIpc) is 2.59. The zero-order chi connectivity index (χ0) is 16.9. The minimum Gasteiger partial charge on any atom is -0.338 e. The van der Waals surface area contributed by atoms with Crippen LogP contribution >= 0.6 is 23.2 Å². The van der Waals surface area contributed by atoms with Gasteiger partial charge in [-0.05, 0) is 30.3 Å². The van der Waals surface area contributed by atoms with Gasteiger partial charge >= 0.3 is 0 Å². The highest BCUT2D eigenvalue weighted by Gasteiger charge is 2.09. The van der Waals surface area contributed by atoms with Crippen molar-refractivity contribution in [2.24, 2.45) is 0 Å². The van der Waals surface area contributed by atoms with Gasteiger partial charge in [-0.15, -0.1) is 0 Å². The maximum atomic E-state index is 12.1. The molecule has 0 fully saturated rings. The average molecular weight is 359 g/mol. The first-order valence-corrected chi connectivity index (χ1v) is 7.78. The molecule has 0 spiro atoms. The number of para-hydroxylation sites is 1. The van der Waals surface area contributed by atoms with Crippen LogP contribution in [0.2, 0.25) is 10.0 Å². The summed E-state index contributed by atoms with van der Waals surface area (Å²) < 4.78 is 0. The Morgan fingerprint density at radius 3 is 2.42 bits per heavy atom. The van der Waals surface area contributed by atoms with E-state index in [9.17, 15) is 4.79 Å². The number of hydrogen-bond acceptors (Lipinski definition) is 4. The molecule has 2 aromatic carbocycles. The summed E-state index contributed by atoms with van der Waals surface area (Å²) in [4.78, 5) is 20.4. The zero-order valence-electron chi connectivity index (χ0n) is 12.3. The van der Waals surface area contributed by atoms with Crippen molar-refractivity contribution in [1.29, 1.82) is 0 Å². The Bertz CT molecular complexity index is 854. The van der Waals surface area contributed by atoms with E-state index in [4.69, 9.17) is 23.2 Å². The van der Waals surface area contributed by atoms with Gasteiger partial charge < -0.3 is 10.6 Å². The third-order valence-corrected chi connectivity index (χ3v) is 3.66. The SMILES string of the molecule is O=C(Nc1ccccc1)c1cnc(Nc2ccc(Cl)cc2Cl)cn1. The highest BCUT2D eigenvalue weighted by molar-refractivity contribution is 6.36. The van der Waals surface area contributed by atoms with Crippen LogP contribution in [0, 0.1) is 0 Å². The van der Waals surface area contributed by atoms with Crippen LogP contribution in [-0.2, 0) is 0 Å². The van der Waals surface area contributed by atoms with Crippen LogP contribution in [0.3, 0.4) is 0 Å². The molecule has 120 valence electrons. The van der Waals surface area contributed by atoms with Crippen LogP contribution < -0.4 is 10.6 Å². The maximum absolute atomic E-state index is 12.1. The fourth-order valence-electron chi connectivity index (χ4n) is 1.96. The van der Waals surface area contributed by atoms with Crippen molar-refractivity contribution in [2.75, 3.05) is 10.6 Å². The number of halogens is 2. The van der Waals surface area contributed by atoms with Crippen LogP contribution in [-0.4, -0.2) is 15.9 Å². The van der Waals surface area contributed by atoms with Crippen LogP contribution in [0.5, 0.6) is 0 Å². The first-order valence-electron chi connectivity index (χ1n) is 7.02. The zero-order valence-corrected chi connectivity index (χ0v) is 13.8. The molecule has 0 unspecified atom stereocenters. The Hall–Kier alpha value is -2.63. The van der Waals surface area contributed by atoms with Crippen molar-refractivity contribution in [1.82, 2.24) is 9.97 Å². The summed E-state index contributed by atoms with van der Waals surface area (Å²) in [5.74, 6) is 0.139. The van der Waals surface area contributed by atoms with Crippen molar-refractivity contribution < 1.29 is 4.79 Å². The quantitative estimate of drug-likeness (QED) is 0.704.